The Labute approximate surface area is 121 Å². The first-order valence-electron chi connectivity index (χ1n) is 7.99. The largest absolute Gasteiger partial charge is 0.381 e. The van der Waals surface area contributed by atoms with Crippen LogP contribution < -0.4 is 0 Å². The monoisotopic (exact) mass is 285 g/mol. The molecule has 3 heterocycles. The van der Waals surface area contributed by atoms with Crippen molar-refractivity contribution in [1.82, 2.24) is 4.90 Å². The number of hydrogen-bond acceptors (Lipinski definition) is 3. The predicted molar refractivity (Wildman–Crippen MR) is 76.6 cm³/mol. The Kier molecular flexibility index (Phi) is 3.85. The highest BCUT2D eigenvalue weighted by molar-refractivity contribution is 5.12. The van der Waals surface area contributed by atoms with Crippen molar-refractivity contribution in [2.75, 3.05) is 33.0 Å². The van der Waals surface area contributed by atoms with Crippen molar-refractivity contribution in [3.05, 3.63) is 0 Å². The lowest BCUT2D eigenvalue weighted by Crippen LogP contribution is -2.52. The highest BCUT2D eigenvalue weighted by atomic mass is 19.1. The summed E-state index contributed by atoms with van der Waals surface area (Å²) < 4.78 is 25.0. The van der Waals surface area contributed by atoms with E-state index < -0.39 is 6.17 Å². The van der Waals surface area contributed by atoms with Crippen molar-refractivity contribution in [3.8, 4) is 0 Å². The van der Waals surface area contributed by atoms with E-state index in [-0.39, 0.29) is 11.0 Å². The lowest BCUT2D eigenvalue weighted by molar-refractivity contribution is -0.0797. The van der Waals surface area contributed by atoms with Gasteiger partial charge in [0.2, 0.25) is 0 Å². The Morgan fingerprint density at radius 2 is 2.05 bits per heavy atom. The molecule has 3 unspecified atom stereocenters. The SMILES string of the molecule is CC(C)(C)C12CCC(COCC3COC3)N1CC(F)C2. The zero-order valence-electron chi connectivity index (χ0n) is 13.0. The van der Waals surface area contributed by atoms with Crippen LogP contribution in [0.4, 0.5) is 4.39 Å². The van der Waals surface area contributed by atoms with Gasteiger partial charge in [-0.25, -0.2) is 4.39 Å². The smallest absolute Gasteiger partial charge is 0.115 e. The van der Waals surface area contributed by atoms with Crippen LogP contribution in [0.5, 0.6) is 0 Å². The molecule has 20 heavy (non-hydrogen) atoms. The average molecular weight is 285 g/mol. The minimum Gasteiger partial charge on any atom is -0.381 e. The van der Waals surface area contributed by atoms with Crippen molar-refractivity contribution in [3.63, 3.8) is 0 Å². The van der Waals surface area contributed by atoms with E-state index in [0.29, 0.717) is 24.9 Å². The second-order valence-electron chi connectivity index (χ2n) is 7.87. The maximum Gasteiger partial charge on any atom is 0.115 e. The predicted octanol–water partition coefficient (Wildman–Crippen LogP) is 2.64. The zero-order chi connectivity index (χ0) is 14.4. The van der Waals surface area contributed by atoms with E-state index in [9.17, 15) is 4.39 Å². The highest BCUT2D eigenvalue weighted by Gasteiger charge is 2.58. The molecule has 0 aromatic carbocycles. The minimum atomic E-state index is -0.669. The molecule has 3 nitrogen and oxygen atoms in total. The van der Waals surface area contributed by atoms with Crippen LogP contribution >= 0.6 is 0 Å². The van der Waals surface area contributed by atoms with Gasteiger partial charge in [0.05, 0.1) is 26.4 Å². The Balaban J connectivity index is 1.60. The molecule has 0 radical (unpaired) electrons. The Hall–Kier alpha value is -0.190. The molecule has 3 fully saturated rings. The topological polar surface area (TPSA) is 21.7 Å². The van der Waals surface area contributed by atoms with Gasteiger partial charge >= 0.3 is 0 Å². The average Bonchev–Trinajstić information content (AvgIpc) is 2.78. The molecule has 3 aliphatic rings. The quantitative estimate of drug-likeness (QED) is 0.792. The third kappa shape index (κ3) is 2.40. The van der Waals surface area contributed by atoms with Crippen LogP contribution in [-0.4, -0.2) is 55.6 Å². The summed E-state index contributed by atoms with van der Waals surface area (Å²) in [5, 5.41) is 0. The van der Waals surface area contributed by atoms with E-state index in [2.05, 4.69) is 25.7 Å². The number of fused-ring (bicyclic) bond motifs is 1. The first-order chi connectivity index (χ1) is 9.42. The molecule has 3 atom stereocenters. The Bertz CT molecular complexity index is 353. The second kappa shape index (κ2) is 5.22. The molecule has 0 spiro atoms. The molecule has 0 N–H and O–H groups in total. The Morgan fingerprint density at radius 3 is 2.65 bits per heavy atom. The van der Waals surface area contributed by atoms with Crippen LogP contribution in [0.2, 0.25) is 0 Å². The summed E-state index contributed by atoms with van der Waals surface area (Å²) in [7, 11) is 0. The third-order valence-corrected chi connectivity index (χ3v) is 5.60. The third-order valence-electron chi connectivity index (χ3n) is 5.60. The van der Waals surface area contributed by atoms with Crippen LogP contribution in [0.25, 0.3) is 0 Å². The molecule has 3 rings (SSSR count). The summed E-state index contributed by atoms with van der Waals surface area (Å²) in [6.45, 7) is 10.6. The van der Waals surface area contributed by atoms with Crippen LogP contribution in [0.1, 0.15) is 40.0 Å². The summed E-state index contributed by atoms with van der Waals surface area (Å²) in [5.41, 5.74) is 0.171. The van der Waals surface area contributed by atoms with Crippen LogP contribution in [0, 0.1) is 11.3 Å². The molecule has 3 aliphatic heterocycles. The van der Waals surface area contributed by atoms with Gasteiger partial charge in [-0.2, -0.15) is 0 Å². The van der Waals surface area contributed by atoms with Crippen LogP contribution in [-0.2, 0) is 9.47 Å². The van der Waals surface area contributed by atoms with E-state index in [1.54, 1.807) is 0 Å². The lowest BCUT2D eigenvalue weighted by atomic mass is 9.71. The van der Waals surface area contributed by atoms with Gasteiger partial charge in [0.15, 0.2) is 0 Å². The first kappa shape index (κ1) is 14.7. The molecule has 0 aromatic heterocycles. The van der Waals surface area contributed by atoms with Gasteiger partial charge in [0.1, 0.15) is 6.17 Å². The minimum absolute atomic E-state index is 0.0417. The normalized spacial score (nSPS) is 39.0. The van der Waals surface area contributed by atoms with Gasteiger partial charge in [-0.15, -0.1) is 0 Å². The van der Waals surface area contributed by atoms with E-state index in [1.807, 2.05) is 0 Å². The standard InChI is InChI=1S/C16H28FNO2/c1-15(2,3)16-5-4-14(18(16)7-13(17)6-16)11-20-10-12-8-19-9-12/h12-14H,4-11H2,1-3H3. The van der Waals surface area contributed by atoms with Crippen molar-refractivity contribution >= 4 is 0 Å². The summed E-state index contributed by atoms with van der Waals surface area (Å²) in [6, 6.07) is 0.399. The van der Waals surface area contributed by atoms with E-state index in [4.69, 9.17) is 9.47 Å². The number of hydrogen-bond donors (Lipinski definition) is 0. The van der Waals surface area contributed by atoms with Gasteiger partial charge in [0.25, 0.3) is 0 Å². The number of ether oxygens (including phenoxy) is 2. The van der Waals surface area contributed by atoms with Crippen molar-refractivity contribution in [2.24, 2.45) is 11.3 Å². The molecular formula is C16H28FNO2. The van der Waals surface area contributed by atoms with Gasteiger partial charge < -0.3 is 9.47 Å². The van der Waals surface area contributed by atoms with Gasteiger partial charge in [-0.3, -0.25) is 4.90 Å². The van der Waals surface area contributed by atoms with Gasteiger partial charge in [-0.1, -0.05) is 20.8 Å². The molecular weight excluding hydrogens is 257 g/mol. The van der Waals surface area contributed by atoms with E-state index >= 15 is 0 Å². The maximum absolute atomic E-state index is 14.0. The first-order valence-corrected chi connectivity index (χ1v) is 7.99. The summed E-state index contributed by atoms with van der Waals surface area (Å²) in [6.07, 6.45) is 2.28. The second-order valence-corrected chi connectivity index (χ2v) is 7.87. The molecule has 0 aromatic rings. The fourth-order valence-electron chi connectivity index (χ4n) is 4.28. The zero-order valence-corrected chi connectivity index (χ0v) is 13.0. The molecule has 0 bridgehead atoms. The summed E-state index contributed by atoms with van der Waals surface area (Å²) in [5.74, 6) is 0.580. The molecule has 3 saturated heterocycles. The van der Waals surface area contributed by atoms with Gasteiger partial charge in [-0.05, 0) is 24.7 Å². The molecule has 0 saturated carbocycles. The molecule has 4 heteroatoms. The van der Waals surface area contributed by atoms with E-state index in [1.165, 1.54) is 0 Å². The summed E-state index contributed by atoms with van der Waals surface area (Å²) >= 11 is 0. The van der Waals surface area contributed by atoms with Crippen molar-refractivity contribution < 1.29 is 13.9 Å². The lowest BCUT2D eigenvalue weighted by Gasteiger charge is -2.45. The number of rotatable bonds is 4. The highest BCUT2D eigenvalue weighted by Crippen LogP contribution is 2.52. The van der Waals surface area contributed by atoms with Crippen LogP contribution in [0.3, 0.4) is 0 Å². The van der Waals surface area contributed by atoms with E-state index in [0.717, 1.165) is 39.3 Å². The Morgan fingerprint density at radius 1 is 1.30 bits per heavy atom. The molecule has 116 valence electrons. The number of halogens is 1. The number of nitrogens with zero attached hydrogens (tertiary/aromatic N) is 1. The fraction of sp³-hybridized carbons (Fsp3) is 1.00. The van der Waals surface area contributed by atoms with Crippen molar-refractivity contribution in [1.29, 1.82) is 0 Å². The molecule has 0 aliphatic carbocycles. The molecule has 0 amide bonds. The van der Waals surface area contributed by atoms with Crippen molar-refractivity contribution in [2.45, 2.75) is 57.8 Å². The number of alkyl halides is 1. The van der Waals surface area contributed by atoms with Gasteiger partial charge in [0, 0.05) is 24.0 Å². The summed E-state index contributed by atoms with van der Waals surface area (Å²) in [4.78, 5) is 2.43. The van der Waals surface area contributed by atoms with Crippen LogP contribution in [0.15, 0.2) is 0 Å². The fourth-order valence-corrected chi connectivity index (χ4v) is 4.28. The maximum atomic E-state index is 14.0.